The summed E-state index contributed by atoms with van der Waals surface area (Å²) in [6.45, 7) is 1.93. The van der Waals surface area contributed by atoms with Crippen LogP contribution in [0.1, 0.15) is 34.6 Å². The average molecular weight is 325 g/mol. The van der Waals surface area contributed by atoms with Crippen LogP contribution in [0.25, 0.3) is 11.0 Å². The van der Waals surface area contributed by atoms with Crippen molar-refractivity contribution in [2.75, 3.05) is 6.26 Å². The molecule has 0 saturated heterocycles. The summed E-state index contributed by atoms with van der Waals surface area (Å²) in [7, 11) is 0. The zero-order valence-electron chi connectivity index (χ0n) is 13.2. The number of hydrogen-bond acceptors (Lipinski definition) is 3. The molecule has 0 radical (unpaired) electrons. The smallest absolute Gasteiger partial charge is 0.251 e. The predicted octanol–water partition coefficient (Wildman–Crippen LogP) is 4.79. The maximum Gasteiger partial charge on any atom is 0.251 e. The van der Waals surface area contributed by atoms with Crippen LogP contribution in [0.3, 0.4) is 0 Å². The molecule has 1 heterocycles. The third-order valence-corrected chi connectivity index (χ3v) is 4.37. The van der Waals surface area contributed by atoms with Crippen LogP contribution >= 0.6 is 11.8 Å². The molecule has 23 heavy (non-hydrogen) atoms. The van der Waals surface area contributed by atoms with Crippen molar-refractivity contribution in [2.45, 2.75) is 18.7 Å². The first-order chi connectivity index (χ1) is 11.2. The van der Waals surface area contributed by atoms with Crippen molar-refractivity contribution in [1.82, 2.24) is 5.32 Å². The standard InChI is InChI=1S/C19H19NO2S/c1-13(18-11-16-5-3-4-6-17(16)22-18)20-19(21)15-9-7-14(8-10-15)12-23-2/h3-11,13H,12H2,1-2H3,(H,20,21)/t13-/m1/s1. The Bertz CT molecular complexity index is 775. The summed E-state index contributed by atoms with van der Waals surface area (Å²) >= 11 is 1.77. The van der Waals surface area contributed by atoms with E-state index in [1.165, 1.54) is 5.56 Å². The molecular weight excluding hydrogens is 306 g/mol. The summed E-state index contributed by atoms with van der Waals surface area (Å²) in [5.41, 5.74) is 2.72. The van der Waals surface area contributed by atoms with Crippen LogP contribution < -0.4 is 5.32 Å². The van der Waals surface area contributed by atoms with E-state index in [1.807, 2.05) is 61.5 Å². The molecule has 1 N–H and O–H groups in total. The lowest BCUT2D eigenvalue weighted by Gasteiger charge is -2.11. The number of nitrogens with one attached hydrogen (secondary N) is 1. The number of hydrogen-bond donors (Lipinski definition) is 1. The van der Waals surface area contributed by atoms with Gasteiger partial charge in [-0.2, -0.15) is 11.8 Å². The lowest BCUT2D eigenvalue weighted by atomic mass is 10.1. The van der Waals surface area contributed by atoms with Crippen molar-refractivity contribution in [3.05, 3.63) is 71.5 Å². The van der Waals surface area contributed by atoms with Crippen molar-refractivity contribution < 1.29 is 9.21 Å². The minimum atomic E-state index is -0.180. The Labute approximate surface area is 140 Å². The van der Waals surface area contributed by atoms with E-state index in [0.717, 1.165) is 22.5 Å². The first-order valence-electron chi connectivity index (χ1n) is 7.54. The van der Waals surface area contributed by atoms with Crippen LogP contribution in [-0.2, 0) is 5.75 Å². The highest BCUT2D eigenvalue weighted by Gasteiger charge is 2.15. The first kappa shape index (κ1) is 15.7. The quantitative estimate of drug-likeness (QED) is 0.733. The average Bonchev–Trinajstić information content (AvgIpc) is 3.00. The lowest BCUT2D eigenvalue weighted by Crippen LogP contribution is -2.26. The number of fused-ring (bicyclic) bond motifs is 1. The normalized spacial score (nSPS) is 12.3. The van der Waals surface area contributed by atoms with Gasteiger partial charge in [-0.25, -0.2) is 0 Å². The maximum atomic E-state index is 12.4. The Hall–Kier alpha value is -2.20. The highest BCUT2D eigenvalue weighted by molar-refractivity contribution is 7.97. The molecule has 0 unspecified atom stereocenters. The molecule has 0 bridgehead atoms. The van der Waals surface area contributed by atoms with E-state index in [4.69, 9.17) is 4.42 Å². The molecule has 0 saturated carbocycles. The molecule has 2 aromatic carbocycles. The van der Waals surface area contributed by atoms with Crippen molar-refractivity contribution in [2.24, 2.45) is 0 Å². The maximum absolute atomic E-state index is 12.4. The topological polar surface area (TPSA) is 42.2 Å². The number of amides is 1. The molecule has 0 spiro atoms. The summed E-state index contributed by atoms with van der Waals surface area (Å²) in [5, 5.41) is 4.03. The largest absolute Gasteiger partial charge is 0.459 e. The zero-order chi connectivity index (χ0) is 16.2. The Morgan fingerprint density at radius 2 is 1.91 bits per heavy atom. The first-order valence-corrected chi connectivity index (χ1v) is 8.94. The fourth-order valence-corrected chi connectivity index (χ4v) is 3.01. The summed E-state index contributed by atoms with van der Waals surface area (Å²) in [4.78, 5) is 12.4. The van der Waals surface area contributed by atoms with E-state index in [-0.39, 0.29) is 11.9 Å². The molecule has 0 aliphatic rings. The second-order valence-corrected chi connectivity index (χ2v) is 6.38. The summed E-state index contributed by atoms with van der Waals surface area (Å²) in [6.07, 6.45) is 2.07. The van der Waals surface area contributed by atoms with Gasteiger partial charge >= 0.3 is 0 Å². The van der Waals surface area contributed by atoms with Crippen LogP contribution in [0.2, 0.25) is 0 Å². The van der Waals surface area contributed by atoms with Gasteiger partial charge in [-0.15, -0.1) is 0 Å². The van der Waals surface area contributed by atoms with Crippen molar-refractivity contribution in [3.8, 4) is 0 Å². The second kappa shape index (κ2) is 6.92. The number of furan rings is 1. The highest BCUT2D eigenvalue weighted by Crippen LogP contribution is 2.23. The monoisotopic (exact) mass is 325 g/mol. The molecule has 4 heteroatoms. The number of carbonyl (C=O) groups excluding carboxylic acids is 1. The van der Waals surface area contributed by atoms with E-state index in [0.29, 0.717) is 5.56 Å². The van der Waals surface area contributed by atoms with Gasteiger partial charge in [0.05, 0.1) is 6.04 Å². The molecule has 0 aliphatic carbocycles. The van der Waals surface area contributed by atoms with Gasteiger partial charge in [-0.3, -0.25) is 4.79 Å². The van der Waals surface area contributed by atoms with Gasteiger partial charge in [-0.1, -0.05) is 30.3 Å². The second-order valence-electron chi connectivity index (χ2n) is 5.51. The van der Waals surface area contributed by atoms with Gasteiger partial charge in [-0.05, 0) is 43.0 Å². The fraction of sp³-hybridized carbons (Fsp3) is 0.211. The predicted molar refractivity (Wildman–Crippen MR) is 95.8 cm³/mol. The molecule has 3 rings (SSSR count). The highest BCUT2D eigenvalue weighted by atomic mass is 32.2. The molecule has 118 valence electrons. The van der Waals surface area contributed by atoms with E-state index in [1.54, 1.807) is 11.8 Å². The van der Waals surface area contributed by atoms with Crippen LogP contribution in [-0.4, -0.2) is 12.2 Å². The third-order valence-electron chi connectivity index (χ3n) is 3.75. The number of benzene rings is 2. The molecule has 3 nitrogen and oxygen atoms in total. The molecule has 1 amide bonds. The molecule has 3 aromatic rings. The lowest BCUT2D eigenvalue weighted by molar-refractivity contribution is 0.0935. The molecule has 0 fully saturated rings. The number of rotatable bonds is 5. The number of para-hydroxylation sites is 1. The van der Waals surface area contributed by atoms with Gasteiger partial charge in [0.25, 0.3) is 5.91 Å². The minimum Gasteiger partial charge on any atom is -0.459 e. The Morgan fingerprint density at radius 3 is 2.61 bits per heavy atom. The van der Waals surface area contributed by atoms with Gasteiger partial charge in [0.2, 0.25) is 0 Å². The summed E-state index contributed by atoms with van der Waals surface area (Å²) in [5.74, 6) is 1.63. The van der Waals surface area contributed by atoms with E-state index < -0.39 is 0 Å². The van der Waals surface area contributed by atoms with Crippen LogP contribution in [0, 0.1) is 0 Å². The van der Waals surface area contributed by atoms with Crippen LogP contribution in [0.4, 0.5) is 0 Å². The summed E-state index contributed by atoms with van der Waals surface area (Å²) in [6, 6.07) is 17.4. The van der Waals surface area contributed by atoms with Gasteiger partial charge in [0, 0.05) is 16.7 Å². The molecule has 1 atom stereocenters. The Balaban J connectivity index is 1.71. The van der Waals surface area contributed by atoms with Crippen molar-refractivity contribution >= 4 is 28.6 Å². The minimum absolute atomic E-state index is 0.0892. The molecular formula is C19H19NO2S. The SMILES string of the molecule is CSCc1ccc(C(=O)N[C@H](C)c2cc3ccccc3o2)cc1. The van der Waals surface area contributed by atoms with E-state index in [2.05, 4.69) is 11.6 Å². The van der Waals surface area contributed by atoms with Crippen molar-refractivity contribution in [1.29, 1.82) is 0 Å². The van der Waals surface area contributed by atoms with E-state index in [9.17, 15) is 4.79 Å². The van der Waals surface area contributed by atoms with Gasteiger partial charge < -0.3 is 9.73 Å². The Morgan fingerprint density at radius 1 is 1.17 bits per heavy atom. The van der Waals surface area contributed by atoms with Crippen molar-refractivity contribution in [3.63, 3.8) is 0 Å². The number of carbonyl (C=O) groups is 1. The molecule has 1 aromatic heterocycles. The van der Waals surface area contributed by atoms with E-state index >= 15 is 0 Å². The van der Waals surface area contributed by atoms with Crippen LogP contribution in [0.15, 0.2) is 59.0 Å². The van der Waals surface area contributed by atoms with Gasteiger partial charge in [0.1, 0.15) is 11.3 Å². The number of thioether (sulfide) groups is 1. The fourth-order valence-electron chi connectivity index (χ4n) is 2.49. The summed E-state index contributed by atoms with van der Waals surface area (Å²) < 4.78 is 5.80. The third kappa shape index (κ3) is 3.59. The Kier molecular flexibility index (Phi) is 4.72. The van der Waals surface area contributed by atoms with Crippen LogP contribution in [0.5, 0.6) is 0 Å². The zero-order valence-corrected chi connectivity index (χ0v) is 14.0. The molecule has 0 aliphatic heterocycles. The van der Waals surface area contributed by atoms with Gasteiger partial charge in [0.15, 0.2) is 0 Å².